The van der Waals surface area contributed by atoms with Gasteiger partial charge in [-0.15, -0.1) is 0 Å². The van der Waals surface area contributed by atoms with Crippen molar-refractivity contribution in [1.29, 1.82) is 0 Å². The summed E-state index contributed by atoms with van der Waals surface area (Å²) in [4.78, 5) is 2.14. The number of sulfonamides is 1. The second-order valence-corrected chi connectivity index (χ2v) is 6.57. The van der Waals surface area contributed by atoms with Crippen LogP contribution in [0.3, 0.4) is 0 Å². The maximum Gasteiger partial charge on any atom is 0.238 e. The number of para-hydroxylation sites is 1. The number of primary sulfonamides is 1. The fraction of sp³-hybridized carbons (Fsp3) is 0.125. The standard InChI is InChI=1S/C16H16N2O3S/c1-12-16(13-7-9-15(10-8-13)22(17,19)20)18(11-21-12)14-5-3-2-4-6-14/h2-10H,11H2,1H3,(H2,17,19,20). The van der Waals surface area contributed by atoms with Crippen molar-refractivity contribution in [2.24, 2.45) is 5.14 Å². The van der Waals surface area contributed by atoms with E-state index < -0.39 is 10.0 Å². The van der Waals surface area contributed by atoms with Crippen LogP contribution in [-0.2, 0) is 14.8 Å². The third-order valence-corrected chi connectivity index (χ3v) is 4.47. The highest BCUT2D eigenvalue weighted by Crippen LogP contribution is 2.34. The van der Waals surface area contributed by atoms with E-state index in [2.05, 4.69) is 0 Å². The molecule has 5 nitrogen and oxygen atoms in total. The van der Waals surface area contributed by atoms with Crippen LogP contribution >= 0.6 is 0 Å². The first kappa shape index (κ1) is 14.6. The van der Waals surface area contributed by atoms with E-state index >= 15 is 0 Å². The molecule has 2 aromatic rings. The smallest absolute Gasteiger partial charge is 0.238 e. The zero-order valence-electron chi connectivity index (χ0n) is 12.1. The fourth-order valence-corrected chi connectivity index (χ4v) is 2.97. The second-order valence-electron chi connectivity index (χ2n) is 5.01. The normalized spacial score (nSPS) is 15.1. The van der Waals surface area contributed by atoms with Crippen LogP contribution in [0.2, 0.25) is 0 Å². The third kappa shape index (κ3) is 2.70. The van der Waals surface area contributed by atoms with Gasteiger partial charge >= 0.3 is 0 Å². The lowest BCUT2D eigenvalue weighted by molar-refractivity contribution is 0.247. The molecule has 0 amide bonds. The highest BCUT2D eigenvalue weighted by atomic mass is 32.2. The van der Waals surface area contributed by atoms with Crippen molar-refractivity contribution in [1.82, 2.24) is 0 Å². The van der Waals surface area contributed by atoms with E-state index in [9.17, 15) is 8.42 Å². The lowest BCUT2D eigenvalue weighted by Gasteiger charge is -2.20. The van der Waals surface area contributed by atoms with Crippen LogP contribution in [0, 0.1) is 0 Å². The van der Waals surface area contributed by atoms with Gasteiger partial charge in [-0.2, -0.15) is 0 Å². The minimum Gasteiger partial charge on any atom is -0.475 e. The SMILES string of the molecule is CC1=C(c2ccc(S(N)(=O)=O)cc2)N(c2ccccc2)CO1. The number of allylic oxidation sites excluding steroid dienone is 1. The largest absolute Gasteiger partial charge is 0.475 e. The predicted octanol–water partition coefficient (Wildman–Crippen LogP) is 2.52. The lowest BCUT2D eigenvalue weighted by Crippen LogP contribution is -2.18. The van der Waals surface area contributed by atoms with Crippen molar-refractivity contribution >= 4 is 21.4 Å². The summed E-state index contributed by atoms with van der Waals surface area (Å²) in [6.07, 6.45) is 0. The minimum absolute atomic E-state index is 0.0969. The van der Waals surface area contributed by atoms with Gasteiger partial charge in [0.15, 0.2) is 6.73 Å². The molecule has 3 rings (SSSR count). The van der Waals surface area contributed by atoms with Crippen LogP contribution in [0.1, 0.15) is 12.5 Å². The van der Waals surface area contributed by atoms with Gasteiger partial charge in [0.25, 0.3) is 0 Å². The van der Waals surface area contributed by atoms with Gasteiger partial charge < -0.3 is 9.64 Å². The first-order chi connectivity index (χ1) is 10.5. The number of hydrogen-bond acceptors (Lipinski definition) is 4. The van der Waals surface area contributed by atoms with E-state index in [1.54, 1.807) is 12.1 Å². The zero-order chi connectivity index (χ0) is 15.7. The second kappa shape index (κ2) is 5.47. The number of rotatable bonds is 3. The van der Waals surface area contributed by atoms with E-state index in [1.165, 1.54) is 12.1 Å². The molecule has 0 fully saturated rings. The molecule has 2 N–H and O–H groups in total. The fourth-order valence-electron chi connectivity index (χ4n) is 2.46. The van der Waals surface area contributed by atoms with E-state index in [4.69, 9.17) is 9.88 Å². The number of anilines is 1. The Kier molecular flexibility index (Phi) is 3.64. The van der Waals surface area contributed by atoms with E-state index in [1.807, 2.05) is 42.2 Å². The van der Waals surface area contributed by atoms with Crippen LogP contribution in [-0.4, -0.2) is 15.1 Å². The molecule has 0 bridgehead atoms. The molecule has 0 aliphatic carbocycles. The average molecular weight is 316 g/mol. The molecular weight excluding hydrogens is 300 g/mol. The van der Waals surface area contributed by atoms with Crippen molar-refractivity contribution in [3.8, 4) is 0 Å². The molecule has 6 heteroatoms. The lowest BCUT2D eigenvalue weighted by atomic mass is 10.1. The molecule has 0 spiro atoms. The molecule has 1 aliphatic rings. The summed E-state index contributed by atoms with van der Waals surface area (Å²) in [5.74, 6) is 0.798. The summed E-state index contributed by atoms with van der Waals surface area (Å²) in [6, 6.07) is 16.4. The van der Waals surface area contributed by atoms with Crippen LogP contribution in [0.25, 0.3) is 5.70 Å². The highest BCUT2D eigenvalue weighted by Gasteiger charge is 2.24. The number of ether oxygens (including phenoxy) is 1. The van der Waals surface area contributed by atoms with Gasteiger partial charge in [-0.05, 0) is 31.2 Å². The molecule has 1 heterocycles. The summed E-state index contributed by atoms with van der Waals surface area (Å²) >= 11 is 0. The molecule has 0 atom stereocenters. The van der Waals surface area contributed by atoms with Gasteiger partial charge in [0.05, 0.1) is 10.6 Å². The first-order valence-electron chi connectivity index (χ1n) is 6.76. The topological polar surface area (TPSA) is 72.6 Å². The monoisotopic (exact) mass is 316 g/mol. The Balaban J connectivity index is 2.00. The molecular formula is C16H16N2O3S. The molecule has 114 valence electrons. The van der Waals surface area contributed by atoms with Crippen LogP contribution in [0.15, 0.2) is 65.3 Å². The van der Waals surface area contributed by atoms with Gasteiger partial charge in [0, 0.05) is 11.3 Å². The Morgan fingerprint density at radius 3 is 2.27 bits per heavy atom. The molecule has 0 saturated heterocycles. The highest BCUT2D eigenvalue weighted by molar-refractivity contribution is 7.89. The average Bonchev–Trinajstić information content (AvgIpc) is 2.89. The summed E-state index contributed by atoms with van der Waals surface area (Å²) in [7, 11) is -3.68. The summed E-state index contributed by atoms with van der Waals surface area (Å²) < 4.78 is 28.3. The molecule has 0 saturated carbocycles. The van der Waals surface area contributed by atoms with Crippen molar-refractivity contribution in [2.45, 2.75) is 11.8 Å². The number of nitrogens with two attached hydrogens (primary N) is 1. The molecule has 0 unspecified atom stereocenters. The van der Waals surface area contributed by atoms with E-state index in [0.717, 1.165) is 22.7 Å². The molecule has 22 heavy (non-hydrogen) atoms. The third-order valence-electron chi connectivity index (χ3n) is 3.54. The zero-order valence-corrected chi connectivity index (χ0v) is 12.9. The Bertz CT molecular complexity index is 812. The Hall–Kier alpha value is -2.31. The number of benzene rings is 2. The van der Waals surface area contributed by atoms with Crippen LogP contribution < -0.4 is 10.0 Å². The van der Waals surface area contributed by atoms with Gasteiger partial charge in [-0.3, -0.25) is 0 Å². The predicted molar refractivity (Wildman–Crippen MR) is 85.3 cm³/mol. The Morgan fingerprint density at radius 1 is 1.05 bits per heavy atom. The van der Waals surface area contributed by atoms with E-state index in [-0.39, 0.29) is 4.90 Å². The van der Waals surface area contributed by atoms with Crippen molar-refractivity contribution in [2.75, 3.05) is 11.6 Å². The van der Waals surface area contributed by atoms with Gasteiger partial charge in [-0.1, -0.05) is 30.3 Å². The quantitative estimate of drug-likeness (QED) is 0.944. The van der Waals surface area contributed by atoms with Crippen molar-refractivity contribution < 1.29 is 13.2 Å². The van der Waals surface area contributed by atoms with Crippen LogP contribution in [0.4, 0.5) is 5.69 Å². The van der Waals surface area contributed by atoms with Gasteiger partial charge in [0.1, 0.15) is 5.76 Å². The van der Waals surface area contributed by atoms with Crippen molar-refractivity contribution in [3.05, 3.63) is 65.9 Å². The molecule has 1 aliphatic heterocycles. The van der Waals surface area contributed by atoms with E-state index in [0.29, 0.717) is 6.73 Å². The maximum absolute atomic E-state index is 11.3. The molecule has 0 radical (unpaired) electrons. The number of hydrogen-bond donors (Lipinski definition) is 1. The minimum atomic E-state index is -3.68. The van der Waals surface area contributed by atoms with Crippen molar-refractivity contribution in [3.63, 3.8) is 0 Å². The Morgan fingerprint density at radius 2 is 1.68 bits per heavy atom. The summed E-state index contributed by atoms with van der Waals surface area (Å²) in [5.41, 5.74) is 2.82. The maximum atomic E-state index is 11.3. The Labute approximate surface area is 129 Å². The van der Waals surface area contributed by atoms with Gasteiger partial charge in [-0.25, -0.2) is 13.6 Å². The molecule has 0 aromatic heterocycles. The number of nitrogens with zero attached hydrogens (tertiary/aromatic N) is 1. The molecule has 2 aromatic carbocycles. The van der Waals surface area contributed by atoms with Crippen LogP contribution in [0.5, 0.6) is 0 Å². The first-order valence-corrected chi connectivity index (χ1v) is 8.31. The summed E-state index contributed by atoms with van der Waals surface area (Å²) in [5, 5.41) is 5.13. The van der Waals surface area contributed by atoms with Gasteiger partial charge in [0.2, 0.25) is 10.0 Å². The summed E-state index contributed by atoms with van der Waals surface area (Å²) in [6.45, 7) is 2.33.